The third-order valence-corrected chi connectivity index (χ3v) is 4.96. The fourth-order valence-corrected chi connectivity index (χ4v) is 3.46. The normalized spacial score (nSPS) is 20.0. The largest absolute Gasteiger partial charge is 0.480 e. The topological polar surface area (TPSA) is 97.3 Å². The molecule has 1 aromatic carbocycles. The van der Waals surface area contributed by atoms with Crippen LogP contribution in [0.3, 0.4) is 0 Å². The standard InChI is InChI=1S/C20H21N5O2/c21-20(19(26)27)8-11-24(14-20)12-16-13-25(17-4-2-1-3-5-17)23-18(16)15-6-9-22-10-7-15/h1-7,9-10,13H,8,11-12,14,21H2,(H,26,27)/t20-/m1/s1. The Bertz CT molecular complexity index is 942. The molecule has 1 saturated heterocycles. The number of benzene rings is 1. The lowest BCUT2D eigenvalue weighted by Gasteiger charge is -2.19. The van der Waals surface area contributed by atoms with Crippen molar-refractivity contribution in [1.29, 1.82) is 0 Å². The lowest BCUT2D eigenvalue weighted by molar-refractivity contribution is -0.142. The van der Waals surface area contributed by atoms with Gasteiger partial charge in [0.05, 0.1) is 11.4 Å². The number of hydrogen-bond donors (Lipinski definition) is 2. The highest BCUT2D eigenvalue weighted by Crippen LogP contribution is 2.27. The van der Waals surface area contributed by atoms with E-state index >= 15 is 0 Å². The van der Waals surface area contributed by atoms with Gasteiger partial charge in [0.2, 0.25) is 0 Å². The van der Waals surface area contributed by atoms with Gasteiger partial charge in [-0.25, -0.2) is 4.68 Å². The number of carbonyl (C=O) groups is 1. The van der Waals surface area contributed by atoms with Gasteiger partial charge >= 0.3 is 5.97 Å². The highest BCUT2D eigenvalue weighted by atomic mass is 16.4. The van der Waals surface area contributed by atoms with Gasteiger partial charge in [0, 0.05) is 49.4 Å². The first kappa shape index (κ1) is 17.4. The van der Waals surface area contributed by atoms with Crippen LogP contribution in [-0.4, -0.2) is 49.4 Å². The Morgan fingerprint density at radius 2 is 1.93 bits per heavy atom. The Morgan fingerprint density at radius 3 is 2.59 bits per heavy atom. The van der Waals surface area contributed by atoms with Crippen molar-refractivity contribution in [2.75, 3.05) is 13.1 Å². The molecular formula is C20H21N5O2. The van der Waals surface area contributed by atoms with Gasteiger partial charge in [0.25, 0.3) is 0 Å². The van der Waals surface area contributed by atoms with Crippen LogP contribution in [0.25, 0.3) is 16.9 Å². The maximum atomic E-state index is 11.4. The van der Waals surface area contributed by atoms with Crippen LogP contribution in [0.4, 0.5) is 0 Å². The molecule has 0 amide bonds. The zero-order valence-corrected chi connectivity index (χ0v) is 14.8. The summed E-state index contributed by atoms with van der Waals surface area (Å²) in [7, 11) is 0. The monoisotopic (exact) mass is 363 g/mol. The average Bonchev–Trinajstić information content (AvgIpc) is 3.28. The Kier molecular flexibility index (Phi) is 4.47. The molecule has 2 aromatic heterocycles. The summed E-state index contributed by atoms with van der Waals surface area (Å²) in [6.45, 7) is 1.57. The van der Waals surface area contributed by atoms with E-state index in [1.54, 1.807) is 12.4 Å². The van der Waals surface area contributed by atoms with E-state index in [2.05, 4.69) is 9.88 Å². The lowest BCUT2D eigenvalue weighted by atomic mass is 10.0. The van der Waals surface area contributed by atoms with Crippen LogP contribution in [0, 0.1) is 0 Å². The highest BCUT2D eigenvalue weighted by Gasteiger charge is 2.41. The van der Waals surface area contributed by atoms with Crippen LogP contribution in [-0.2, 0) is 11.3 Å². The molecule has 3 heterocycles. The number of aromatic nitrogens is 3. The quantitative estimate of drug-likeness (QED) is 0.719. The number of rotatable bonds is 5. The molecule has 0 aliphatic carbocycles. The van der Waals surface area contributed by atoms with Crippen molar-refractivity contribution in [3.05, 3.63) is 66.6 Å². The van der Waals surface area contributed by atoms with Crippen LogP contribution in [0.15, 0.2) is 61.1 Å². The van der Waals surface area contributed by atoms with Crippen molar-refractivity contribution < 1.29 is 9.90 Å². The Morgan fingerprint density at radius 1 is 1.19 bits per heavy atom. The Labute approximate surface area is 157 Å². The van der Waals surface area contributed by atoms with Gasteiger partial charge in [-0.3, -0.25) is 14.7 Å². The van der Waals surface area contributed by atoms with Gasteiger partial charge in [-0.15, -0.1) is 0 Å². The summed E-state index contributed by atoms with van der Waals surface area (Å²) in [6, 6.07) is 13.8. The fourth-order valence-electron chi connectivity index (χ4n) is 3.46. The molecule has 27 heavy (non-hydrogen) atoms. The van der Waals surface area contributed by atoms with E-state index in [9.17, 15) is 9.90 Å². The molecule has 7 heteroatoms. The van der Waals surface area contributed by atoms with Crippen LogP contribution < -0.4 is 5.73 Å². The van der Waals surface area contributed by atoms with Gasteiger partial charge in [-0.2, -0.15) is 5.10 Å². The van der Waals surface area contributed by atoms with E-state index in [4.69, 9.17) is 10.8 Å². The molecule has 1 atom stereocenters. The minimum Gasteiger partial charge on any atom is -0.480 e. The van der Waals surface area contributed by atoms with E-state index in [0.29, 0.717) is 26.1 Å². The van der Waals surface area contributed by atoms with Crippen LogP contribution in [0.2, 0.25) is 0 Å². The summed E-state index contributed by atoms with van der Waals surface area (Å²) in [5.41, 5.74) is 8.69. The predicted octanol–water partition coefficient (Wildman–Crippen LogP) is 1.92. The number of aliphatic carboxylic acids is 1. The third-order valence-electron chi connectivity index (χ3n) is 4.96. The Balaban J connectivity index is 1.67. The first-order chi connectivity index (χ1) is 13.0. The van der Waals surface area contributed by atoms with E-state index in [0.717, 1.165) is 22.5 Å². The summed E-state index contributed by atoms with van der Waals surface area (Å²) >= 11 is 0. The van der Waals surface area contributed by atoms with E-state index in [-0.39, 0.29) is 0 Å². The zero-order chi connectivity index (χ0) is 18.9. The molecule has 7 nitrogen and oxygen atoms in total. The van der Waals surface area contributed by atoms with E-state index in [1.165, 1.54) is 0 Å². The SMILES string of the molecule is N[C@]1(C(=O)O)CCN(Cc2cn(-c3ccccc3)nc2-c2ccncc2)C1. The maximum absolute atomic E-state index is 11.4. The molecule has 0 bridgehead atoms. The first-order valence-electron chi connectivity index (χ1n) is 8.84. The summed E-state index contributed by atoms with van der Waals surface area (Å²) in [5.74, 6) is -0.945. The number of nitrogens with two attached hydrogens (primary N) is 1. The summed E-state index contributed by atoms with van der Waals surface area (Å²) < 4.78 is 1.86. The second-order valence-corrected chi connectivity index (χ2v) is 6.94. The summed E-state index contributed by atoms with van der Waals surface area (Å²) in [5, 5.41) is 14.1. The van der Waals surface area contributed by atoms with Crippen molar-refractivity contribution in [2.45, 2.75) is 18.5 Å². The van der Waals surface area contributed by atoms with E-state index in [1.807, 2.05) is 53.3 Å². The second-order valence-electron chi connectivity index (χ2n) is 6.94. The van der Waals surface area contributed by atoms with Crippen molar-refractivity contribution in [3.8, 4) is 16.9 Å². The predicted molar refractivity (Wildman–Crippen MR) is 101 cm³/mol. The zero-order valence-electron chi connectivity index (χ0n) is 14.8. The number of nitrogens with zero attached hydrogens (tertiary/aromatic N) is 4. The summed E-state index contributed by atoms with van der Waals surface area (Å²) in [6.07, 6.45) is 5.93. The third kappa shape index (κ3) is 3.47. The molecule has 3 aromatic rings. The number of hydrogen-bond acceptors (Lipinski definition) is 5. The number of para-hydroxylation sites is 1. The molecule has 4 rings (SSSR count). The fraction of sp³-hybridized carbons (Fsp3) is 0.250. The van der Waals surface area contributed by atoms with Crippen LogP contribution in [0.5, 0.6) is 0 Å². The second kappa shape index (κ2) is 6.94. The minimum absolute atomic E-state index is 0.328. The molecule has 1 aliphatic rings. The number of likely N-dealkylation sites (tertiary alicyclic amines) is 1. The molecule has 138 valence electrons. The van der Waals surface area contributed by atoms with E-state index < -0.39 is 11.5 Å². The van der Waals surface area contributed by atoms with Gasteiger partial charge < -0.3 is 10.8 Å². The molecule has 3 N–H and O–H groups in total. The molecule has 0 radical (unpaired) electrons. The van der Waals surface area contributed by atoms with Gasteiger partial charge in [-0.05, 0) is 30.7 Å². The average molecular weight is 363 g/mol. The van der Waals surface area contributed by atoms with Crippen molar-refractivity contribution in [3.63, 3.8) is 0 Å². The minimum atomic E-state index is -1.17. The van der Waals surface area contributed by atoms with Crippen molar-refractivity contribution >= 4 is 5.97 Å². The van der Waals surface area contributed by atoms with Gasteiger partial charge in [-0.1, -0.05) is 18.2 Å². The lowest BCUT2D eigenvalue weighted by Crippen LogP contribution is -2.50. The van der Waals surface area contributed by atoms with Gasteiger partial charge in [0.1, 0.15) is 5.54 Å². The first-order valence-corrected chi connectivity index (χ1v) is 8.84. The smallest absolute Gasteiger partial charge is 0.325 e. The van der Waals surface area contributed by atoms with Gasteiger partial charge in [0.15, 0.2) is 0 Å². The number of carboxylic acids is 1. The van der Waals surface area contributed by atoms with Crippen molar-refractivity contribution in [2.24, 2.45) is 5.73 Å². The van der Waals surface area contributed by atoms with Crippen molar-refractivity contribution in [1.82, 2.24) is 19.7 Å². The molecule has 1 aliphatic heterocycles. The molecule has 0 unspecified atom stereocenters. The Hall–Kier alpha value is -3.03. The summed E-state index contributed by atoms with van der Waals surface area (Å²) in [4.78, 5) is 17.6. The van der Waals surface area contributed by atoms with Crippen LogP contribution >= 0.6 is 0 Å². The maximum Gasteiger partial charge on any atom is 0.325 e. The molecule has 1 fully saturated rings. The highest BCUT2D eigenvalue weighted by molar-refractivity contribution is 5.79. The number of pyridine rings is 1. The molecule has 0 saturated carbocycles. The molecule has 0 spiro atoms. The van der Waals surface area contributed by atoms with Crippen LogP contribution in [0.1, 0.15) is 12.0 Å². The number of carboxylic acid groups (broad SMARTS) is 1. The molecular weight excluding hydrogens is 342 g/mol.